The van der Waals surface area contributed by atoms with Crippen molar-refractivity contribution in [2.45, 2.75) is 40.2 Å². The van der Waals surface area contributed by atoms with Gasteiger partial charge in [-0.3, -0.25) is 4.79 Å². The standard InChI is InChI=1S/C12H21NO2/c1-11(2)9(12(11,3)4)10(15)13-6-5-8(14)7-13/h8-9,14H,5-7H2,1-4H3/t8-/m1/s1. The summed E-state index contributed by atoms with van der Waals surface area (Å²) in [5.74, 6) is 0.372. The lowest BCUT2D eigenvalue weighted by molar-refractivity contribution is -0.133. The molecular formula is C12H21NO2. The zero-order valence-corrected chi connectivity index (χ0v) is 10.1. The van der Waals surface area contributed by atoms with Gasteiger partial charge >= 0.3 is 0 Å². The summed E-state index contributed by atoms with van der Waals surface area (Å²) in [4.78, 5) is 14.0. The summed E-state index contributed by atoms with van der Waals surface area (Å²) in [5.41, 5.74) is 0.218. The Morgan fingerprint density at radius 3 is 2.13 bits per heavy atom. The van der Waals surface area contributed by atoms with Crippen molar-refractivity contribution in [2.24, 2.45) is 16.7 Å². The molecule has 3 heteroatoms. The maximum absolute atomic E-state index is 12.2. The third-order valence-electron chi connectivity index (χ3n) is 4.74. The van der Waals surface area contributed by atoms with Crippen LogP contribution in [0.25, 0.3) is 0 Å². The minimum atomic E-state index is -0.307. The molecule has 1 amide bonds. The van der Waals surface area contributed by atoms with Gasteiger partial charge in [0.25, 0.3) is 0 Å². The first kappa shape index (κ1) is 10.9. The van der Waals surface area contributed by atoms with E-state index in [0.717, 1.165) is 13.0 Å². The third-order valence-corrected chi connectivity index (χ3v) is 4.74. The van der Waals surface area contributed by atoms with E-state index >= 15 is 0 Å². The maximum atomic E-state index is 12.2. The van der Waals surface area contributed by atoms with Crippen molar-refractivity contribution in [3.63, 3.8) is 0 Å². The van der Waals surface area contributed by atoms with E-state index in [1.807, 2.05) is 4.90 Å². The summed E-state index contributed by atoms with van der Waals surface area (Å²) in [6.45, 7) is 9.87. The van der Waals surface area contributed by atoms with Crippen LogP contribution in [0.2, 0.25) is 0 Å². The van der Waals surface area contributed by atoms with Crippen molar-refractivity contribution >= 4 is 5.91 Å². The third kappa shape index (κ3) is 1.40. The van der Waals surface area contributed by atoms with Crippen molar-refractivity contribution in [3.8, 4) is 0 Å². The lowest BCUT2D eigenvalue weighted by Crippen LogP contribution is -2.32. The van der Waals surface area contributed by atoms with Crippen LogP contribution in [0.5, 0.6) is 0 Å². The molecule has 2 fully saturated rings. The zero-order chi connectivity index (χ0) is 11.4. The summed E-state index contributed by atoms with van der Waals surface area (Å²) in [7, 11) is 0. The number of carbonyl (C=O) groups is 1. The second-order valence-corrected chi connectivity index (χ2v) is 6.10. The summed E-state index contributed by atoms with van der Waals surface area (Å²) in [6, 6.07) is 0. The van der Waals surface area contributed by atoms with Crippen LogP contribution in [0.4, 0.5) is 0 Å². The molecule has 0 radical (unpaired) electrons. The normalized spacial score (nSPS) is 33.1. The number of hydrogen-bond donors (Lipinski definition) is 1. The molecule has 1 atom stereocenters. The fourth-order valence-electron chi connectivity index (χ4n) is 2.94. The van der Waals surface area contributed by atoms with Crippen LogP contribution in [-0.2, 0) is 4.79 Å². The number of aliphatic hydroxyl groups is 1. The molecule has 0 spiro atoms. The fraction of sp³-hybridized carbons (Fsp3) is 0.917. The van der Waals surface area contributed by atoms with Gasteiger partial charge in [-0.05, 0) is 17.3 Å². The number of likely N-dealkylation sites (tertiary alicyclic amines) is 1. The van der Waals surface area contributed by atoms with E-state index in [1.165, 1.54) is 0 Å². The maximum Gasteiger partial charge on any atom is 0.226 e. The van der Waals surface area contributed by atoms with Gasteiger partial charge < -0.3 is 10.0 Å². The second kappa shape index (κ2) is 2.97. The minimum absolute atomic E-state index is 0.109. The molecule has 15 heavy (non-hydrogen) atoms. The van der Waals surface area contributed by atoms with E-state index in [2.05, 4.69) is 27.7 Å². The van der Waals surface area contributed by atoms with E-state index in [4.69, 9.17) is 0 Å². The molecule has 0 bridgehead atoms. The van der Waals surface area contributed by atoms with Crippen LogP contribution in [0.15, 0.2) is 0 Å². The molecule has 0 aromatic heterocycles. The van der Waals surface area contributed by atoms with Gasteiger partial charge in [0.2, 0.25) is 5.91 Å². The van der Waals surface area contributed by atoms with Crippen LogP contribution in [0.1, 0.15) is 34.1 Å². The second-order valence-electron chi connectivity index (χ2n) is 6.10. The Bertz CT molecular complexity index is 282. The average molecular weight is 211 g/mol. The van der Waals surface area contributed by atoms with Crippen molar-refractivity contribution in [1.29, 1.82) is 0 Å². The highest BCUT2D eigenvalue weighted by Crippen LogP contribution is 2.68. The lowest BCUT2D eigenvalue weighted by atomic mass is 10.0. The molecule has 0 aromatic rings. The summed E-state index contributed by atoms with van der Waals surface area (Å²) >= 11 is 0. The Hall–Kier alpha value is -0.570. The van der Waals surface area contributed by atoms with Gasteiger partial charge in [0.15, 0.2) is 0 Å². The molecule has 1 aliphatic heterocycles. The Kier molecular flexibility index (Phi) is 2.16. The van der Waals surface area contributed by atoms with Gasteiger partial charge in [-0.15, -0.1) is 0 Å². The van der Waals surface area contributed by atoms with E-state index in [-0.39, 0.29) is 28.8 Å². The predicted octanol–water partition coefficient (Wildman–Crippen LogP) is 1.26. The topological polar surface area (TPSA) is 40.5 Å². The van der Waals surface area contributed by atoms with Gasteiger partial charge in [-0.1, -0.05) is 27.7 Å². The molecule has 1 aliphatic carbocycles. The van der Waals surface area contributed by atoms with Gasteiger partial charge in [0, 0.05) is 19.0 Å². The number of nitrogens with zero attached hydrogens (tertiary/aromatic N) is 1. The smallest absolute Gasteiger partial charge is 0.226 e. The Morgan fingerprint density at radius 1 is 1.27 bits per heavy atom. The van der Waals surface area contributed by atoms with E-state index < -0.39 is 0 Å². The Balaban J connectivity index is 2.05. The highest BCUT2D eigenvalue weighted by atomic mass is 16.3. The number of rotatable bonds is 1. The van der Waals surface area contributed by atoms with E-state index in [1.54, 1.807) is 0 Å². The molecule has 1 heterocycles. The monoisotopic (exact) mass is 211 g/mol. The van der Waals surface area contributed by atoms with Crippen molar-refractivity contribution in [1.82, 2.24) is 4.90 Å². The van der Waals surface area contributed by atoms with Crippen LogP contribution in [0.3, 0.4) is 0 Å². The Morgan fingerprint density at radius 2 is 1.80 bits per heavy atom. The molecule has 2 rings (SSSR count). The van der Waals surface area contributed by atoms with Crippen LogP contribution in [-0.4, -0.2) is 35.1 Å². The van der Waals surface area contributed by atoms with Gasteiger partial charge in [0.1, 0.15) is 0 Å². The van der Waals surface area contributed by atoms with Gasteiger partial charge in [-0.2, -0.15) is 0 Å². The average Bonchev–Trinajstić information content (AvgIpc) is 2.49. The summed E-state index contributed by atoms with van der Waals surface area (Å²) in [6.07, 6.45) is 0.429. The molecule has 3 nitrogen and oxygen atoms in total. The highest BCUT2D eigenvalue weighted by molar-refractivity contribution is 5.84. The largest absolute Gasteiger partial charge is 0.391 e. The Labute approximate surface area is 91.5 Å². The number of hydrogen-bond acceptors (Lipinski definition) is 2. The molecule has 0 aromatic carbocycles. The SMILES string of the molecule is CC1(C)C(C(=O)N2CC[C@@H](O)C2)C1(C)C. The van der Waals surface area contributed by atoms with Crippen molar-refractivity contribution < 1.29 is 9.90 Å². The quantitative estimate of drug-likeness (QED) is 0.709. The number of β-amino-alcohol motifs (C(OH)–C–C–N with tert-alkyl or cyclic N) is 1. The molecule has 0 unspecified atom stereocenters. The van der Waals surface area contributed by atoms with E-state index in [0.29, 0.717) is 6.54 Å². The van der Waals surface area contributed by atoms with Gasteiger partial charge in [-0.25, -0.2) is 0 Å². The highest BCUT2D eigenvalue weighted by Gasteiger charge is 2.68. The number of aliphatic hydroxyl groups excluding tert-OH is 1. The molecule has 1 saturated carbocycles. The first-order valence-electron chi connectivity index (χ1n) is 5.75. The van der Waals surface area contributed by atoms with Crippen LogP contribution < -0.4 is 0 Å². The molecular weight excluding hydrogens is 190 g/mol. The zero-order valence-electron chi connectivity index (χ0n) is 10.1. The summed E-state index contributed by atoms with van der Waals surface area (Å²) < 4.78 is 0. The number of amides is 1. The molecule has 2 aliphatic rings. The molecule has 1 N–H and O–H groups in total. The fourth-order valence-corrected chi connectivity index (χ4v) is 2.94. The van der Waals surface area contributed by atoms with E-state index in [9.17, 15) is 9.90 Å². The predicted molar refractivity (Wildman–Crippen MR) is 58.3 cm³/mol. The van der Waals surface area contributed by atoms with Crippen LogP contribution in [0, 0.1) is 16.7 Å². The minimum Gasteiger partial charge on any atom is -0.391 e. The first-order chi connectivity index (χ1) is 6.78. The summed E-state index contributed by atoms with van der Waals surface area (Å²) in [5, 5.41) is 9.42. The first-order valence-corrected chi connectivity index (χ1v) is 5.75. The lowest BCUT2D eigenvalue weighted by Gasteiger charge is -2.16. The number of carbonyl (C=O) groups excluding carboxylic acids is 1. The van der Waals surface area contributed by atoms with Crippen molar-refractivity contribution in [3.05, 3.63) is 0 Å². The molecule has 1 saturated heterocycles. The van der Waals surface area contributed by atoms with Crippen LogP contribution >= 0.6 is 0 Å². The molecule has 86 valence electrons. The van der Waals surface area contributed by atoms with Crippen molar-refractivity contribution in [2.75, 3.05) is 13.1 Å². The van der Waals surface area contributed by atoms with Gasteiger partial charge in [0.05, 0.1) is 6.10 Å².